The Morgan fingerprint density at radius 2 is 1.82 bits per heavy atom. The Kier molecular flexibility index (Phi) is 8.20. The molecular formula is C27H30N4O7. The van der Waals surface area contributed by atoms with Gasteiger partial charge in [-0.1, -0.05) is 30.3 Å². The van der Waals surface area contributed by atoms with Gasteiger partial charge in [0.15, 0.2) is 6.10 Å². The second kappa shape index (κ2) is 11.5. The number of piperazine rings is 1. The Morgan fingerprint density at radius 3 is 2.50 bits per heavy atom. The third kappa shape index (κ3) is 5.44. The van der Waals surface area contributed by atoms with E-state index in [2.05, 4.69) is 10.3 Å². The van der Waals surface area contributed by atoms with Crippen LogP contribution in [0.1, 0.15) is 27.6 Å². The molecule has 3 atom stereocenters. The van der Waals surface area contributed by atoms with Gasteiger partial charge in [-0.2, -0.15) is 0 Å². The van der Waals surface area contributed by atoms with Crippen molar-refractivity contribution in [2.75, 3.05) is 38.7 Å². The second-order valence-electron chi connectivity index (χ2n) is 9.18. The molecule has 0 aliphatic carbocycles. The maximum atomic E-state index is 13.2. The standard InChI is InChI=1S/C27H30N4O7/c1-16-14-30(26(36)17-7-4-3-5-8-17)11-12-31(16)27(37)23(33)19-13-28-22-18(19)9-6-10-20(22)29-25(35)24(34)21(32)15-38-2/h3-10,13,16,21,24,28,32,34H,11-12,14-15H2,1-2H3,(H,29,35). The third-order valence-corrected chi connectivity index (χ3v) is 6.58. The first-order chi connectivity index (χ1) is 18.2. The van der Waals surface area contributed by atoms with Gasteiger partial charge in [0.1, 0.15) is 6.10 Å². The number of methoxy groups -OCH3 is 1. The SMILES string of the molecule is COCC(O)C(O)C(=O)Nc1cccc2c(C(=O)C(=O)N3CCN(C(=O)c4ccccc4)CC3C)c[nH]c12. The number of ketones is 1. The van der Waals surface area contributed by atoms with Gasteiger partial charge in [0.2, 0.25) is 0 Å². The lowest BCUT2D eigenvalue weighted by molar-refractivity contribution is -0.132. The molecule has 1 fully saturated rings. The van der Waals surface area contributed by atoms with Crippen LogP contribution in [-0.2, 0) is 14.3 Å². The molecule has 3 unspecified atom stereocenters. The summed E-state index contributed by atoms with van der Waals surface area (Å²) < 4.78 is 4.75. The quantitative estimate of drug-likeness (QED) is 0.255. The van der Waals surface area contributed by atoms with Crippen LogP contribution < -0.4 is 5.32 Å². The number of carbonyl (C=O) groups excluding carboxylic acids is 4. The number of nitrogens with one attached hydrogen (secondary N) is 2. The van der Waals surface area contributed by atoms with Crippen LogP contribution in [0, 0.1) is 0 Å². The van der Waals surface area contributed by atoms with Crippen molar-refractivity contribution in [3.63, 3.8) is 0 Å². The van der Waals surface area contributed by atoms with E-state index in [9.17, 15) is 29.4 Å². The Bertz CT molecular complexity index is 1340. The molecule has 0 bridgehead atoms. The monoisotopic (exact) mass is 522 g/mol. The van der Waals surface area contributed by atoms with Gasteiger partial charge in [-0.05, 0) is 25.1 Å². The highest BCUT2D eigenvalue weighted by molar-refractivity contribution is 6.45. The predicted octanol–water partition coefficient (Wildman–Crippen LogP) is 1.03. The van der Waals surface area contributed by atoms with Crippen LogP contribution in [0.2, 0.25) is 0 Å². The molecule has 4 N–H and O–H groups in total. The molecular weight excluding hydrogens is 492 g/mol. The summed E-state index contributed by atoms with van der Waals surface area (Å²) >= 11 is 0. The van der Waals surface area contributed by atoms with Crippen molar-refractivity contribution >= 4 is 40.1 Å². The Balaban J connectivity index is 1.46. The molecule has 1 aromatic heterocycles. The summed E-state index contributed by atoms with van der Waals surface area (Å²) in [5.41, 5.74) is 1.36. The molecule has 1 saturated heterocycles. The van der Waals surface area contributed by atoms with Crippen molar-refractivity contribution in [1.82, 2.24) is 14.8 Å². The molecule has 0 radical (unpaired) electrons. The first-order valence-corrected chi connectivity index (χ1v) is 12.2. The lowest BCUT2D eigenvalue weighted by Crippen LogP contribution is -2.56. The van der Waals surface area contributed by atoms with E-state index >= 15 is 0 Å². The smallest absolute Gasteiger partial charge is 0.295 e. The summed E-state index contributed by atoms with van der Waals surface area (Å²) in [5, 5.41) is 22.8. The van der Waals surface area contributed by atoms with Crippen molar-refractivity contribution in [3.05, 3.63) is 65.9 Å². The highest BCUT2D eigenvalue weighted by atomic mass is 16.5. The number of hydrogen-bond acceptors (Lipinski definition) is 7. The topological polar surface area (TPSA) is 152 Å². The van der Waals surface area contributed by atoms with Gasteiger partial charge in [0.05, 0.1) is 23.4 Å². The lowest BCUT2D eigenvalue weighted by atomic mass is 10.1. The summed E-state index contributed by atoms with van der Waals surface area (Å²) in [6, 6.07) is 13.3. The Hall–Kier alpha value is -4.06. The number of H-pyrrole nitrogens is 1. The van der Waals surface area contributed by atoms with E-state index < -0.39 is 29.8 Å². The van der Waals surface area contributed by atoms with Crippen LogP contribution in [0.25, 0.3) is 10.9 Å². The van der Waals surface area contributed by atoms with Crippen molar-refractivity contribution in [2.45, 2.75) is 25.2 Å². The molecule has 3 amide bonds. The molecule has 3 aromatic rings. The number of aliphatic hydroxyl groups excluding tert-OH is 2. The maximum Gasteiger partial charge on any atom is 0.295 e. The minimum atomic E-state index is -1.73. The average molecular weight is 523 g/mol. The van der Waals surface area contributed by atoms with Gasteiger partial charge in [-0.15, -0.1) is 0 Å². The van der Waals surface area contributed by atoms with E-state index in [1.165, 1.54) is 18.2 Å². The number of Topliss-reactive ketones (excluding diaryl/α,β-unsaturated/α-hetero) is 1. The number of nitrogens with zero attached hydrogens (tertiary/aromatic N) is 2. The van der Waals surface area contributed by atoms with E-state index in [1.807, 2.05) is 6.07 Å². The number of anilines is 1. The molecule has 0 saturated carbocycles. The van der Waals surface area contributed by atoms with Crippen molar-refractivity contribution in [2.24, 2.45) is 0 Å². The summed E-state index contributed by atoms with van der Waals surface area (Å²) in [5.74, 6) is -2.37. The van der Waals surface area contributed by atoms with Crippen LogP contribution in [-0.4, -0.2) is 100 Å². The molecule has 4 rings (SSSR count). The van der Waals surface area contributed by atoms with E-state index in [4.69, 9.17) is 4.74 Å². The van der Waals surface area contributed by atoms with E-state index in [0.29, 0.717) is 29.6 Å². The minimum absolute atomic E-state index is 0.123. The number of rotatable bonds is 8. The normalized spacial score (nSPS) is 17.2. The van der Waals surface area contributed by atoms with Gasteiger partial charge in [0, 0.05) is 49.9 Å². The van der Waals surface area contributed by atoms with Crippen molar-refractivity contribution in [3.8, 4) is 0 Å². The van der Waals surface area contributed by atoms with Crippen LogP contribution >= 0.6 is 0 Å². The predicted molar refractivity (Wildman–Crippen MR) is 139 cm³/mol. The zero-order valence-electron chi connectivity index (χ0n) is 21.1. The fourth-order valence-corrected chi connectivity index (χ4v) is 4.54. The van der Waals surface area contributed by atoms with Gasteiger partial charge >= 0.3 is 0 Å². The number of fused-ring (bicyclic) bond motifs is 1. The number of aromatic nitrogens is 1. The largest absolute Gasteiger partial charge is 0.387 e. The zero-order chi connectivity index (χ0) is 27.4. The lowest BCUT2D eigenvalue weighted by Gasteiger charge is -2.39. The molecule has 200 valence electrons. The number of carbonyl (C=O) groups is 4. The number of benzene rings is 2. The first-order valence-electron chi connectivity index (χ1n) is 12.2. The van der Waals surface area contributed by atoms with E-state index in [-0.39, 0.29) is 36.4 Å². The third-order valence-electron chi connectivity index (χ3n) is 6.58. The fourth-order valence-electron chi connectivity index (χ4n) is 4.54. The highest BCUT2D eigenvalue weighted by Gasteiger charge is 2.34. The van der Waals surface area contributed by atoms with Crippen molar-refractivity contribution < 1.29 is 34.1 Å². The van der Waals surface area contributed by atoms with E-state index in [0.717, 1.165) is 0 Å². The number of hydrogen-bond donors (Lipinski definition) is 4. The molecule has 38 heavy (non-hydrogen) atoms. The molecule has 11 nitrogen and oxygen atoms in total. The van der Waals surface area contributed by atoms with E-state index in [1.54, 1.807) is 54.3 Å². The number of ether oxygens (including phenoxy) is 1. The Morgan fingerprint density at radius 1 is 1.08 bits per heavy atom. The minimum Gasteiger partial charge on any atom is -0.387 e. The Labute approximate surface area is 219 Å². The zero-order valence-corrected chi connectivity index (χ0v) is 21.1. The fraction of sp³-hybridized carbons (Fsp3) is 0.333. The first kappa shape index (κ1) is 27.0. The average Bonchev–Trinajstić information content (AvgIpc) is 3.37. The van der Waals surface area contributed by atoms with Gasteiger partial charge in [-0.3, -0.25) is 19.2 Å². The number of para-hydroxylation sites is 1. The van der Waals surface area contributed by atoms with Crippen LogP contribution in [0.5, 0.6) is 0 Å². The summed E-state index contributed by atoms with van der Waals surface area (Å²) in [4.78, 5) is 57.7. The number of amides is 3. The summed E-state index contributed by atoms with van der Waals surface area (Å²) in [6.07, 6.45) is -1.74. The van der Waals surface area contributed by atoms with Crippen LogP contribution in [0.4, 0.5) is 5.69 Å². The van der Waals surface area contributed by atoms with Crippen LogP contribution in [0.3, 0.4) is 0 Å². The summed E-state index contributed by atoms with van der Waals surface area (Å²) in [6.45, 7) is 2.39. The molecule has 2 aromatic carbocycles. The summed E-state index contributed by atoms with van der Waals surface area (Å²) in [7, 11) is 1.33. The van der Waals surface area contributed by atoms with Crippen LogP contribution in [0.15, 0.2) is 54.7 Å². The second-order valence-corrected chi connectivity index (χ2v) is 9.18. The molecule has 1 aliphatic heterocycles. The number of aromatic amines is 1. The maximum absolute atomic E-state index is 13.2. The highest BCUT2D eigenvalue weighted by Crippen LogP contribution is 2.27. The molecule has 0 spiro atoms. The number of aliphatic hydroxyl groups is 2. The van der Waals surface area contributed by atoms with Gasteiger partial charge < -0.3 is 35.1 Å². The molecule has 2 heterocycles. The van der Waals surface area contributed by atoms with Gasteiger partial charge in [0.25, 0.3) is 23.5 Å². The molecule has 1 aliphatic rings. The molecule has 11 heteroatoms. The van der Waals surface area contributed by atoms with Crippen molar-refractivity contribution in [1.29, 1.82) is 0 Å². The van der Waals surface area contributed by atoms with Gasteiger partial charge in [-0.25, -0.2) is 0 Å².